The van der Waals surface area contributed by atoms with Gasteiger partial charge in [-0.1, -0.05) is 30.3 Å². The van der Waals surface area contributed by atoms with Crippen LogP contribution in [0.4, 0.5) is 5.82 Å². The summed E-state index contributed by atoms with van der Waals surface area (Å²) < 4.78 is 3.53. The molecular formula is C22H27N7O2. The first-order valence-electron chi connectivity index (χ1n) is 10.7. The number of amides is 2. The summed E-state index contributed by atoms with van der Waals surface area (Å²) in [5.41, 5.74) is 2.13. The molecule has 1 unspecified atom stereocenters. The molecule has 0 spiro atoms. The van der Waals surface area contributed by atoms with Gasteiger partial charge in [0.2, 0.25) is 11.7 Å². The summed E-state index contributed by atoms with van der Waals surface area (Å²) in [7, 11) is 1.74. The van der Waals surface area contributed by atoms with Crippen LogP contribution in [0.3, 0.4) is 0 Å². The predicted octanol–water partition coefficient (Wildman–Crippen LogP) is 2.20. The molecule has 9 heteroatoms. The third kappa shape index (κ3) is 4.08. The lowest BCUT2D eigenvalue weighted by atomic mass is 10.1. The third-order valence-electron chi connectivity index (χ3n) is 5.84. The minimum absolute atomic E-state index is 0. The van der Waals surface area contributed by atoms with E-state index in [1.165, 1.54) is 6.33 Å². The van der Waals surface area contributed by atoms with E-state index >= 15 is 0 Å². The van der Waals surface area contributed by atoms with Crippen LogP contribution in [0.2, 0.25) is 0 Å². The van der Waals surface area contributed by atoms with Gasteiger partial charge in [-0.2, -0.15) is 5.10 Å². The molecule has 1 aromatic carbocycles. The molecule has 2 aliphatic rings. The number of hydrogen-bond acceptors (Lipinski definition) is 5. The minimum atomic E-state index is -0.619. The molecule has 1 atom stereocenters. The molecule has 0 saturated heterocycles. The maximum atomic E-state index is 13.1. The first-order valence-corrected chi connectivity index (χ1v) is 10.7. The van der Waals surface area contributed by atoms with Crippen molar-refractivity contribution in [1.82, 2.24) is 29.9 Å². The van der Waals surface area contributed by atoms with Crippen molar-refractivity contribution in [3.8, 4) is 0 Å². The molecular weight excluding hydrogens is 394 g/mol. The molecule has 9 nitrogen and oxygen atoms in total. The van der Waals surface area contributed by atoms with E-state index < -0.39 is 11.9 Å². The molecule has 162 valence electrons. The molecule has 1 fully saturated rings. The van der Waals surface area contributed by atoms with Crippen molar-refractivity contribution in [2.75, 3.05) is 11.9 Å². The molecule has 0 radical (unpaired) electrons. The number of hydrogen-bond donors (Lipinski definition) is 1. The standard InChI is InChI=1S/C22H25N7O2.H2/c1-27-19-12-18(16-9-10-16)25-29(19)11-5-8-17(22(27)31)24-21(30)20-23-14-28(26-20)13-15-6-3-2-4-7-15;/h2-4,6-7,12,14,16-17H,5,8-11,13H2,1H3,(H,24,30);1H. The van der Waals surface area contributed by atoms with Gasteiger partial charge in [0.1, 0.15) is 18.2 Å². The van der Waals surface area contributed by atoms with Crippen molar-refractivity contribution >= 4 is 17.6 Å². The Labute approximate surface area is 181 Å². The van der Waals surface area contributed by atoms with E-state index in [1.54, 1.807) is 16.6 Å². The molecule has 1 aliphatic carbocycles. The van der Waals surface area contributed by atoms with Gasteiger partial charge in [0.05, 0.1) is 12.2 Å². The fraction of sp³-hybridized carbons (Fsp3) is 0.409. The van der Waals surface area contributed by atoms with Crippen molar-refractivity contribution in [2.45, 2.75) is 50.7 Å². The molecule has 1 saturated carbocycles. The van der Waals surface area contributed by atoms with Gasteiger partial charge < -0.3 is 5.32 Å². The summed E-state index contributed by atoms with van der Waals surface area (Å²) in [6.45, 7) is 1.25. The van der Waals surface area contributed by atoms with E-state index in [2.05, 4.69) is 20.5 Å². The SMILES string of the molecule is CN1C(=O)C(NC(=O)c2ncn(Cc3ccccc3)n2)CCCn2nc(C3CC3)cc21.[HH]. The number of nitrogens with zero attached hydrogens (tertiary/aromatic N) is 6. The van der Waals surface area contributed by atoms with Crippen LogP contribution >= 0.6 is 0 Å². The molecule has 1 N–H and O–H groups in total. The fourth-order valence-electron chi connectivity index (χ4n) is 3.96. The number of carbonyl (C=O) groups is 2. The second-order valence-corrected chi connectivity index (χ2v) is 8.24. The number of carbonyl (C=O) groups excluding carboxylic acids is 2. The lowest BCUT2D eigenvalue weighted by Crippen LogP contribution is -2.49. The molecule has 3 aromatic rings. The first-order chi connectivity index (χ1) is 15.1. The lowest BCUT2D eigenvalue weighted by molar-refractivity contribution is -0.120. The van der Waals surface area contributed by atoms with Crippen LogP contribution < -0.4 is 10.2 Å². The summed E-state index contributed by atoms with van der Waals surface area (Å²) in [6.07, 6.45) is 5.15. The fourth-order valence-corrected chi connectivity index (χ4v) is 3.96. The maximum Gasteiger partial charge on any atom is 0.291 e. The van der Waals surface area contributed by atoms with E-state index in [9.17, 15) is 9.59 Å². The van der Waals surface area contributed by atoms with E-state index in [-0.39, 0.29) is 13.2 Å². The largest absolute Gasteiger partial charge is 0.337 e. The van der Waals surface area contributed by atoms with E-state index in [1.807, 2.05) is 41.1 Å². The Morgan fingerprint density at radius 2 is 2.00 bits per heavy atom. The molecule has 1 aliphatic heterocycles. The molecule has 31 heavy (non-hydrogen) atoms. The van der Waals surface area contributed by atoms with Gasteiger partial charge in [-0.25, -0.2) is 14.3 Å². The van der Waals surface area contributed by atoms with Crippen LogP contribution in [0.1, 0.15) is 54.9 Å². The second kappa shape index (κ2) is 7.98. The second-order valence-electron chi connectivity index (χ2n) is 8.24. The number of rotatable bonds is 5. The van der Waals surface area contributed by atoms with Crippen LogP contribution in [0.25, 0.3) is 0 Å². The summed E-state index contributed by atoms with van der Waals surface area (Å²) >= 11 is 0. The normalized spacial score (nSPS) is 18.9. The summed E-state index contributed by atoms with van der Waals surface area (Å²) in [5, 5.41) is 11.8. The van der Waals surface area contributed by atoms with Crippen molar-refractivity contribution in [3.05, 3.63) is 59.8 Å². The Balaban J connectivity index is 0.00000245. The molecule has 5 rings (SSSR count). The number of aryl methyl sites for hydroxylation is 1. The summed E-state index contributed by atoms with van der Waals surface area (Å²) in [5.74, 6) is 0.786. The van der Waals surface area contributed by atoms with Crippen molar-refractivity contribution in [1.29, 1.82) is 0 Å². The van der Waals surface area contributed by atoms with Gasteiger partial charge in [-0.05, 0) is 31.2 Å². The average molecular weight is 422 g/mol. The Hall–Kier alpha value is -3.49. The van der Waals surface area contributed by atoms with E-state index in [0.717, 1.165) is 42.9 Å². The van der Waals surface area contributed by atoms with Gasteiger partial charge in [-0.3, -0.25) is 14.5 Å². The zero-order chi connectivity index (χ0) is 21.4. The first kappa shape index (κ1) is 19.5. The maximum absolute atomic E-state index is 13.1. The quantitative estimate of drug-likeness (QED) is 0.681. The zero-order valence-corrected chi connectivity index (χ0v) is 17.4. The number of anilines is 1. The van der Waals surface area contributed by atoms with Gasteiger partial charge in [0.25, 0.3) is 5.91 Å². The van der Waals surface area contributed by atoms with Gasteiger partial charge in [0.15, 0.2) is 0 Å². The van der Waals surface area contributed by atoms with Crippen molar-refractivity contribution < 1.29 is 11.0 Å². The molecule has 2 aromatic heterocycles. The number of benzene rings is 1. The monoisotopic (exact) mass is 421 g/mol. The van der Waals surface area contributed by atoms with Gasteiger partial charge in [0, 0.05) is 27.0 Å². The summed E-state index contributed by atoms with van der Waals surface area (Å²) in [4.78, 5) is 31.6. The number of aromatic nitrogens is 5. The van der Waals surface area contributed by atoms with Crippen LogP contribution in [0.15, 0.2) is 42.7 Å². The molecule has 2 amide bonds. The smallest absolute Gasteiger partial charge is 0.291 e. The van der Waals surface area contributed by atoms with Crippen molar-refractivity contribution in [3.63, 3.8) is 0 Å². The highest BCUT2D eigenvalue weighted by atomic mass is 16.2. The predicted molar refractivity (Wildman–Crippen MR) is 116 cm³/mol. The molecule has 3 heterocycles. The van der Waals surface area contributed by atoms with Gasteiger partial charge >= 0.3 is 0 Å². The number of fused-ring (bicyclic) bond motifs is 1. The lowest BCUT2D eigenvalue weighted by Gasteiger charge is -2.27. The Morgan fingerprint density at radius 1 is 1.19 bits per heavy atom. The van der Waals surface area contributed by atoms with Crippen LogP contribution in [0, 0.1) is 0 Å². The van der Waals surface area contributed by atoms with Crippen LogP contribution in [-0.4, -0.2) is 49.4 Å². The topological polar surface area (TPSA) is 97.9 Å². The highest BCUT2D eigenvalue weighted by molar-refractivity contribution is 6.00. The summed E-state index contributed by atoms with van der Waals surface area (Å²) in [6, 6.07) is 11.2. The molecule has 0 bridgehead atoms. The van der Waals surface area contributed by atoms with Crippen molar-refractivity contribution in [2.24, 2.45) is 0 Å². The Morgan fingerprint density at radius 3 is 2.77 bits per heavy atom. The highest BCUT2D eigenvalue weighted by Gasteiger charge is 2.32. The van der Waals surface area contributed by atoms with E-state index in [0.29, 0.717) is 18.9 Å². The highest BCUT2D eigenvalue weighted by Crippen LogP contribution is 2.40. The third-order valence-corrected chi connectivity index (χ3v) is 5.84. The zero-order valence-electron chi connectivity index (χ0n) is 17.4. The number of nitrogens with one attached hydrogen (secondary N) is 1. The minimum Gasteiger partial charge on any atom is -0.337 e. The van der Waals surface area contributed by atoms with Crippen LogP contribution in [-0.2, 0) is 17.9 Å². The van der Waals surface area contributed by atoms with E-state index in [4.69, 9.17) is 0 Å². The average Bonchev–Trinajstić information content (AvgIpc) is 3.38. The Bertz CT molecular complexity index is 1110. The van der Waals surface area contributed by atoms with Crippen LogP contribution in [0.5, 0.6) is 0 Å². The van der Waals surface area contributed by atoms with Gasteiger partial charge in [-0.15, -0.1) is 5.10 Å². The number of likely N-dealkylation sites (N-methyl/N-ethyl adjacent to an activating group) is 1. The Kier molecular flexibility index (Phi) is 5.01.